The summed E-state index contributed by atoms with van der Waals surface area (Å²) in [6.07, 6.45) is 3.92. The zero-order chi connectivity index (χ0) is 13.7. The van der Waals surface area contributed by atoms with Gasteiger partial charge in [-0.05, 0) is 50.4 Å². The Labute approximate surface area is 115 Å². The summed E-state index contributed by atoms with van der Waals surface area (Å²) >= 11 is 0. The molecule has 1 aromatic heterocycles. The Morgan fingerprint density at radius 2 is 2.21 bits per heavy atom. The molecule has 1 aromatic rings. The third kappa shape index (κ3) is 4.64. The van der Waals surface area contributed by atoms with Crippen LogP contribution < -0.4 is 5.32 Å². The monoisotopic (exact) mass is 266 g/mol. The summed E-state index contributed by atoms with van der Waals surface area (Å²) in [4.78, 5) is 2.37. The lowest BCUT2D eigenvalue weighted by molar-refractivity contribution is 0.0903. The van der Waals surface area contributed by atoms with E-state index in [4.69, 9.17) is 4.42 Å². The van der Waals surface area contributed by atoms with Crippen molar-refractivity contribution in [3.8, 4) is 0 Å². The molecule has 1 unspecified atom stereocenters. The predicted octanol–water partition coefficient (Wildman–Crippen LogP) is 1.77. The van der Waals surface area contributed by atoms with Crippen molar-refractivity contribution in [1.82, 2.24) is 10.2 Å². The highest BCUT2D eigenvalue weighted by Crippen LogP contribution is 2.15. The highest BCUT2D eigenvalue weighted by atomic mass is 16.3. The molecule has 19 heavy (non-hydrogen) atoms. The molecule has 2 heterocycles. The summed E-state index contributed by atoms with van der Waals surface area (Å²) in [5, 5.41) is 13.3. The van der Waals surface area contributed by atoms with E-state index in [2.05, 4.69) is 17.1 Å². The average Bonchev–Trinajstić information content (AvgIpc) is 2.78. The minimum atomic E-state index is -0.302. The van der Waals surface area contributed by atoms with Crippen LogP contribution in [0.15, 0.2) is 16.7 Å². The van der Waals surface area contributed by atoms with E-state index < -0.39 is 0 Å². The van der Waals surface area contributed by atoms with Crippen LogP contribution >= 0.6 is 0 Å². The van der Waals surface area contributed by atoms with Gasteiger partial charge in [0.2, 0.25) is 0 Å². The van der Waals surface area contributed by atoms with Crippen LogP contribution in [0.4, 0.5) is 0 Å². The molecule has 2 rings (SSSR count). The largest absolute Gasteiger partial charge is 0.468 e. The number of hydrogen-bond acceptors (Lipinski definition) is 4. The van der Waals surface area contributed by atoms with Gasteiger partial charge in [-0.1, -0.05) is 6.92 Å². The van der Waals surface area contributed by atoms with Crippen molar-refractivity contribution in [2.75, 3.05) is 26.2 Å². The molecule has 1 fully saturated rings. The fourth-order valence-electron chi connectivity index (χ4n) is 2.54. The number of likely N-dealkylation sites (tertiary alicyclic amines) is 1. The van der Waals surface area contributed by atoms with Crippen molar-refractivity contribution in [3.63, 3.8) is 0 Å². The van der Waals surface area contributed by atoms with Gasteiger partial charge in [-0.2, -0.15) is 0 Å². The van der Waals surface area contributed by atoms with Crippen molar-refractivity contribution in [2.24, 2.45) is 5.92 Å². The molecule has 4 nitrogen and oxygen atoms in total. The van der Waals surface area contributed by atoms with Crippen molar-refractivity contribution < 1.29 is 9.52 Å². The third-order valence-corrected chi connectivity index (χ3v) is 3.98. The van der Waals surface area contributed by atoms with Gasteiger partial charge in [0.05, 0.1) is 18.9 Å². The SMILES string of the molecule is Cc1ccoc1CNCC(O)CN1CCC(C)CC1. The molecule has 1 saturated heterocycles. The summed E-state index contributed by atoms with van der Waals surface area (Å²) in [5.74, 6) is 1.80. The normalized spacial score (nSPS) is 19.7. The second-order valence-electron chi connectivity index (χ2n) is 5.79. The van der Waals surface area contributed by atoms with Crippen molar-refractivity contribution in [1.29, 1.82) is 0 Å². The maximum absolute atomic E-state index is 10.0. The second-order valence-corrected chi connectivity index (χ2v) is 5.79. The molecule has 0 radical (unpaired) electrons. The minimum absolute atomic E-state index is 0.302. The first kappa shape index (κ1) is 14.6. The van der Waals surface area contributed by atoms with E-state index in [-0.39, 0.29) is 6.10 Å². The van der Waals surface area contributed by atoms with Gasteiger partial charge >= 0.3 is 0 Å². The Morgan fingerprint density at radius 1 is 1.47 bits per heavy atom. The standard InChI is InChI=1S/C15H26N2O2/c1-12-3-6-17(7-4-12)11-14(18)9-16-10-15-13(2)5-8-19-15/h5,8,12,14,16,18H,3-4,6-7,9-11H2,1-2H3. The first-order valence-electron chi connectivity index (χ1n) is 7.29. The average molecular weight is 266 g/mol. The van der Waals surface area contributed by atoms with Crippen LogP contribution in [0.25, 0.3) is 0 Å². The Balaban J connectivity index is 1.62. The number of aliphatic hydroxyl groups excluding tert-OH is 1. The number of aryl methyl sites for hydroxylation is 1. The van der Waals surface area contributed by atoms with E-state index in [9.17, 15) is 5.11 Å². The van der Waals surface area contributed by atoms with E-state index in [0.29, 0.717) is 13.1 Å². The number of furan rings is 1. The van der Waals surface area contributed by atoms with E-state index in [1.165, 1.54) is 12.8 Å². The van der Waals surface area contributed by atoms with Crippen LogP contribution in [0.3, 0.4) is 0 Å². The summed E-state index contributed by atoms with van der Waals surface area (Å²) in [6.45, 7) is 8.66. The number of aliphatic hydroxyl groups is 1. The number of nitrogens with one attached hydrogen (secondary N) is 1. The van der Waals surface area contributed by atoms with Crippen LogP contribution in [-0.2, 0) is 6.54 Å². The first-order chi connectivity index (χ1) is 9.15. The van der Waals surface area contributed by atoms with E-state index in [1.807, 2.05) is 13.0 Å². The van der Waals surface area contributed by atoms with Gasteiger partial charge in [-0.3, -0.25) is 0 Å². The summed E-state index contributed by atoms with van der Waals surface area (Å²) in [6, 6.07) is 1.96. The van der Waals surface area contributed by atoms with Crippen LogP contribution in [0.1, 0.15) is 31.1 Å². The lowest BCUT2D eigenvalue weighted by atomic mass is 9.99. The molecular formula is C15H26N2O2. The minimum Gasteiger partial charge on any atom is -0.468 e. The number of nitrogens with zero attached hydrogens (tertiary/aromatic N) is 1. The second kappa shape index (κ2) is 7.08. The van der Waals surface area contributed by atoms with Gasteiger partial charge in [0, 0.05) is 13.1 Å². The molecule has 0 bridgehead atoms. The maximum atomic E-state index is 10.0. The molecule has 0 spiro atoms. The molecule has 0 amide bonds. The zero-order valence-corrected chi connectivity index (χ0v) is 12.1. The molecule has 0 aliphatic carbocycles. The van der Waals surface area contributed by atoms with Gasteiger partial charge in [-0.15, -0.1) is 0 Å². The molecule has 1 atom stereocenters. The van der Waals surface area contributed by atoms with E-state index in [0.717, 1.165) is 36.9 Å². The highest BCUT2D eigenvalue weighted by molar-refractivity contribution is 5.14. The highest BCUT2D eigenvalue weighted by Gasteiger charge is 2.18. The van der Waals surface area contributed by atoms with Gasteiger partial charge in [0.1, 0.15) is 5.76 Å². The molecule has 0 saturated carbocycles. The summed E-state index contributed by atoms with van der Waals surface area (Å²) < 4.78 is 5.35. The predicted molar refractivity (Wildman–Crippen MR) is 76.0 cm³/mol. The van der Waals surface area contributed by atoms with Crippen LogP contribution in [0, 0.1) is 12.8 Å². The Bertz CT molecular complexity index is 370. The number of piperidine rings is 1. The lowest BCUT2D eigenvalue weighted by Crippen LogP contribution is -2.41. The number of β-amino-alcohol motifs (C(OH)–C–C–N with tert-alkyl or cyclic N) is 1. The maximum Gasteiger partial charge on any atom is 0.120 e. The van der Waals surface area contributed by atoms with E-state index >= 15 is 0 Å². The van der Waals surface area contributed by atoms with Gasteiger partial charge < -0.3 is 19.7 Å². The Morgan fingerprint density at radius 3 is 2.84 bits per heavy atom. The first-order valence-corrected chi connectivity index (χ1v) is 7.29. The van der Waals surface area contributed by atoms with Gasteiger partial charge in [0.25, 0.3) is 0 Å². The van der Waals surface area contributed by atoms with Crippen LogP contribution in [-0.4, -0.2) is 42.3 Å². The van der Waals surface area contributed by atoms with Crippen molar-refractivity contribution in [3.05, 3.63) is 23.7 Å². The summed E-state index contributed by atoms with van der Waals surface area (Å²) in [7, 11) is 0. The van der Waals surface area contributed by atoms with E-state index in [1.54, 1.807) is 6.26 Å². The Kier molecular flexibility index (Phi) is 5.43. The quantitative estimate of drug-likeness (QED) is 0.824. The molecule has 2 N–H and O–H groups in total. The fourth-order valence-corrected chi connectivity index (χ4v) is 2.54. The lowest BCUT2D eigenvalue weighted by Gasteiger charge is -2.31. The molecule has 0 aromatic carbocycles. The smallest absolute Gasteiger partial charge is 0.120 e. The number of hydrogen-bond donors (Lipinski definition) is 2. The molecule has 108 valence electrons. The van der Waals surface area contributed by atoms with Gasteiger partial charge in [-0.25, -0.2) is 0 Å². The molecule has 4 heteroatoms. The molecular weight excluding hydrogens is 240 g/mol. The van der Waals surface area contributed by atoms with Gasteiger partial charge in [0.15, 0.2) is 0 Å². The third-order valence-electron chi connectivity index (χ3n) is 3.98. The molecule has 1 aliphatic heterocycles. The molecule has 1 aliphatic rings. The Hall–Kier alpha value is -0.840. The van der Waals surface area contributed by atoms with Crippen molar-refractivity contribution in [2.45, 2.75) is 39.3 Å². The topological polar surface area (TPSA) is 48.6 Å². The van der Waals surface area contributed by atoms with Crippen molar-refractivity contribution >= 4 is 0 Å². The summed E-state index contributed by atoms with van der Waals surface area (Å²) in [5.41, 5.74) is 1.16. The fraction of sp³-hybridized carbons (Fsp3) is 0.733. The zero-order valence-electron chi connectivity index (χ0n) is 12.1. The van der Waals surface area contributed by atoms with Crippen LogP contribution in [0.2, 0.25) is 0 Å². The van der Waals surface area contributed by atoms with Crippen LogP contribution in [0.5, 0.6) is 0 Å². The number of rotatable bonds is 6.